The third-order valence-electron chi connectivity index (χ3n) is 4.15. The summed E-state index contributed by atoms with van der Waals surface area (Å²) in [5.41, 5.74) is 1.55. The Labute approximate surface area is 176 Å². The first-order valence-electron chi connectivity index (χ1n) is 8.95. The highest BCUT2D eigenvalue weighted by molar-refractivity contribution is 8.18. The number of nitrogens with zero attached hydrogens (tertiary/aromatic N) is 1. The van der Waals surface area contributed by atoms with Gasteiger partial charge in [0, 0.05) is 0 Å². The maximum absolute atomic E-state index is 12.6. The molecule has 0 spiro atoms. The van der Waals surface area contributed by atoms with E-state index in [0.29, 0.717) is 11.3 Å². The molecule has 3 rings (SSSR count). The van der Waals surface area contributed by atoms with Gasteiger partial charge in [0.25, 0.3) is 11.1 Å². The fourth-order valence-electron chi connectivity index (χ4n) is 2.77. The predicted molar refractivity (Wildman–Crippen MR) is 109 cm³/mol. The number of alkyl halides is 2. The van der Waals surface area contributed by atoms with Crippen LogP contribution in [0.15, 0.2) is 47.4 Å². The molecule has 0 unspecified atom stereocenters. The normalized spacial score (nSPS) is 15.2. The third kappa shape index (κ3) is 5.29. The van der Waals surface area contributed by atoms with E-state index in [1.54, 1.807) is 6.07 Å². The Balaban J connectivity index is 1.67. The molecule has 158 valence electrons. The Morgan fingerprint density at radius 1 is 1.13 bits per heavy atom. The lowest BCUT2D eigenvalue weighted by Gasteiger charge is -2.13. The molecule has 1 aliphatic rings. The topological polar surface area (TPSA) is 65.1 Å². The summed E-state index contributed by atoms with van der Waals surface area (Å²) >= 11 is 0.805. The van der Waals surface area contributed by atoms with Gasteiger partial charge in [0.2, 0.25) is 0 Å². The molecule has 0 radical (unpaired) electrons. The standard InChI is InChI=1S/C21H19F2NO5S/c1-13-4-3-5-15(10-13)28-9-8-24-19(25)18(30-21(24)26)12-14-6-7-16(29-20(22)23)17(11-14)27-2/h3-7,10-12,20H,8-9H2,1-2H3/b18-12-. The van der Waals surface area contributed by atoms with Gasteiger partial charge >= 0.3 is 6.61 Å². The van der Waals surface area contributed by atoms with Crippen LogP contribution in [-0.2, 0) is 4.79 Å². The van der Waals surface area contributed by atoms with Crippen LogP contribution in [-0.4, -0.2) is 42.9 Å². The molecule has 2 amide bonds. The minimum atomic E-state index is -2.98. The number of hydrogen-bond acceptors (Lipinski definition) is 6. The Bertz CT molecular complexity index is 980. The Hall–Kier alpha value is -3.07. The van der Waals surface area contributed by atoms with Gasteiger partial charge in [-0.05, 0) is 60.2 Å². The van der Waals surface area contributed by atoms with E-state index in [1.165, 1.54) is 31.4 Å². The summed E-state index contributed by atoms with van der Waals surface area (Å²) in [6.45, 7) is -0.763. The lowest BCUT2D eigenvalue weighted by Crippen LogP contribution is -2.32. The Kier molecular flexibility index (Phi) is 6.94. The molecule has 0 aromatic heterocycles. The van der Waals surface area contributed by atoms with Crippen LogP contribution in [0.2, 0.25) is 0 Å². The molecule has 0 atom stereocenters. The lowest BCUT2D eigenvalue weighted by atomic mass is 10.2. The average Bonchev–Trinajstić information content (AvgIpc) is 2.96. The molecule has 0 N–H and O–H groups in total. The number of aryl methyl sites for hydroxylation is 1. The van der Waals surface area contributed by atoms with E-state index >= 15 is 0 Å². The molecular formula is C21H19F2NO5S. The second kappa shape index (κ2) is 9.62. The van der Waals surface area contributed by atoms with E-state index < -0.39 is 17.8 Å². The van der Waals surface area contributed by atoms with E-state index in [-0.39, 0.29) is 29.6 Å². The minimum absolute atomic E-state index is 0.0924. The number of hydrogen-bond donors (Lipinski definition) is 0. The molecule has 1 aliphatic heterocycles. The van der Waals surface area contributed by atoms with Gasteiger partial charge in [-0.3, -0.25) is 14.5 Å². The largest absolute Gasteiger partial charge is 0.493 e. The van der Waals surface area contributed by atoms with Crippen LogP contribution in [0.4, 0.5) is 13.6 Å². The maximum Gasteiger partial charge on any atom is 0.387 e. The number of carbonyl (C=O) groups is 2. The van der Waals surface area contributed by atoms with Crippen molar-refractivity contribution >= 4 is 29.0 Å². The summed E-state index contributed by atoms with van der Waals surface area (Å²) in [6, 6.07) is 11.7. The summed E-state index contributed by atoms with van der Waals surface area (Å²) in [5, 5.41) is -0.399. The number of rotatable bonds is 8. The number of amides is 2. The lowest BCUT2D eigenvalue weighted by molar-refractivity contribution is -0.123. The molecule has 2 aromatic rings. The first-order valence-corrected chi connectivity index (χ1v) is 9.76. The van der Waals surface area contributed by atoms with Crippen molar-refractivity contribution in [2.75, 3.05) is 20.3 Å². The zero-order valence-electron chi connectivity index (χ0n) is 16.3. The summed E-state index contributed by atoms with van der Waals surface area (Å²) in [7, 11) is 1.32. The van der Waals surface area contributed by atoms with Crippen molar-refractivity contribution in [2.24, 2.45) is 0 Å². The summed E-state index contributed by atoms with van der Waals surface area (Å²) in [6.07, 6.45) is 1.50. The van der Waals surface area contributed by atoms with Crippen molar-refractivity contribution in [2.45, 2.75) is 13.5 Å². The molecule has 1 fully saturated rings. The van der Waals surface area contributed by atoms with Gasteiger partial charge in [0.05, 0.1) is 18.6 Å². The number of imide groups is 1. The zero-order chi connectivity index (χ0) is 21.7. The van der Waals surface area contributed by atoms with Gasteiger partial charge in [0.15, 0.2) is 11.5 Å². The number of thioether (sulfide) groups is 1. The quantitative estimate of drug-likeness (QED) is 0.559. The highest BCUT2D eigenvalue weighted by Gasteiger charge is 2.34. The first kappa shape index (κ1) is 21.6. The van der Waals surface area contributed by atoms with Crippen molar-refractivity contribution in [1.29, 1.82) is 0 Å². The molecule has 1 heterocycles. The highest BCUT2D eigenvalue weighted by atomic mass is 32.2. The second-order valence-corrected chi connectivity index (χ2v) is 7.28. The fraction of sp³-hybridized carbons (Fsp3) is 0.238. The molecule has 1 saturated heterocycles. The summed E-state index contributed by atoms with van der Waals surface area (Å²) < 4.78 is 39.9. The van der Waals surface area contributed by atoms with Crippen LogP contribution in [0.3, 0.4) is 0 Å². The van der Waals surface area contributed by atoms with Crippen molar-refractivity contribution < 1.29 is 32.6 Å². The van der Waals surface area contributed by atoms with Gasteiger partial charge in [-0.1, -0.05) is 18.2 Å². The van der Waals surface area contributed by atoms with Gasteiger partial charge in [-0.25, -0.2) is 0 Å². The highest BCUT2D eigenvalue weighted by Crippen LogP contribution is 2.34. The maximum atomic E-state index is 12.6. The number of carbonyl (C=O) groups excluding carboxylic acids is 2. The summed E-state index contributed by atoms with van der Waals surface area (Å²) in [5.74, 6) is 0.196. The van der Waals surface area contributed by atoms with Crippen LogP contribution < -0.4 is 14.2 Å². The van der Waals surface area contributed by atoms with Crippen molar-refractivity contribution in [3.05, 3.63) is 58.5 Å². The average molecular weight is 435 g/mol. The number of methoxy groups -OCH3 is 1. The van der Waals surface area contributed by atoms with Crippen LogP contribution in [0.5, 0.6) is 17.2 Å². The number of benzene rings is 2. The smallest absolute Gasteiger partial charge is 0.387 e. The SMILES string of the molecule is COc1cc(/C=C2\SC(=O)N(CCOc3cccc(C)c3)C2=O)ccc1OC(F)F. The van der Waals surface area contributed by atoms with Crippen molar-refractivity contribution in [1.82, 2.24) is 4.90 Å². The zero-order valence-corrected chi connectivity index (χ0v) is 17.1. The predicted octanol–water partition coefficient (Wildman–Crippen LogP) is 4.72. The van der Waals surface area contributed by atoms with E-state index in [9.17, 15) is 18.4 Å². The van der Waals surface area contributed by atoms with Gasteiger partial charge in [-0.15, -0.1) is 0 Å². The molecule has 2 aromatic carbocycles. The summed E-state index contributed by atoms with van der Waals surface area (Å²) in [4.78, 5) is 26.1. The van der Waals surface area contributed by atoms with Crippen LogP contribution in [0.25, 0.3) is 6.08 Å². The van der Waals surface area contributed by atoms with Gasteiger partial charge in [-0.2, -0.15) is 8.78 Å². The Morgan fingerprint density at radius 3 is 2.63 bits per heavy atom. The monoisotopic (exact) mass is 435 g/mol. The molecule has 9 heteroatoms. The fourth-order valence-corrected chi connectivity index (χ4v) is 3.64. The molecule has 0 bridgehead atoms. The molecular weight excluding hydrogens is 416 g/mol. The molecule has 0 saturated carbocycles. The number of halogens is 2. The van der Waals surface area contributed by atoms with E-state index in [0.717, 1.165) is 22.2 Å². The Morgan fingerprint density at radius 2 is 1.93 bits per heavy atom. The first-order chi connectivity index (χ1) is 14.4. The van der Waals surface area contributed by atoms with Gasteiger partial charge in [0.1, 0.15) is 12.4 Å². The minimum Gasteiger partial charge on any atom is -0.493 e. The van der Waals surface area contributed by atoms with Crippen LogP contribution in [0, 0.1) is 6.92 Å². The van der Waals surface area contributed by atoms with Crippen LogP contribution >= 0.6 is 11.8 Å². The second-order valence-electron chi connectivity index (χ2n) is 6.29. The van der Waals surface area contributed by atoms with Gasteiger partial charge < -0.3 is 14.2 Å². The van der Waals surface area contributed by atoms with E-state index in [4.69, 9.17) is 9.47 Å². The van der Waals surface area contributed by atoms with Crippen molar-refractivity contribution in [3.63, 3.8) is 0 Å². The van der Waals surface area contributed by atoms with E-state index in [1.807, 2.05) is 25.1 Å². The van der Waals surface area contributed by atoms with Crippen LogP contribution in [0.1, 0.15) is 11.1 Å². The van der Waals surface area contributed by atoms with E-state index in [2.05, 4.69) is 4.74 Å². The third-order valence-corrected chi connectivity index (χ3v) is 5.06. The van der Waals surface area contributed by atoms with Crippen molar-refractivity contribution in [3.8, 4) is 17.2 Å². The molecule has 6 nitrogen and oxygen atoms in total. The number of ether oxygens (including phenoxy) is 3. The molecule has 30 heavy (non-hydrogen) atoms. The molecule has 0 aliphatic carbocycles.